The topological polar surface area (TPSA) is 30.5 Å². The summed E-state index contributed by atoms with van der Waals surface area (Å²) in [5.74, 6) is 1.78. The molecule has 0 saturated heterocycles. The summed E-state index contributed by atoms with van der Waals surface area (Å²) in [4.78, 5) is 1.35. The van der Waals surface area contributed by atoms with Crippen LogP contribution >= 0.6 is 11.3 Å². The van der Waals surface area contributed by atoms with Gasteiger partial charge in [-0.15, -0.1) is 11.3 Å². The molecule has 0 amide bonds. The van der Waals surface area contributed by atoms with Gasteiger partial charge in [0.15, 0.2) is 0 Å². The predicted octanol–water partition coefficient (Wildman–Crippen LogP) is 3.71. The lowest BCUT2D eigenvalue weighted by molar-refractivity contribution is 0.307. The molecule has 0 unspecified atom stereocenters. The Labute approximate surface area is 124 Å². The molecule has 0 spiro atoms. The highest BCUT2D eigenvalue weighted by Crippen LogP contribution is 2.17. The maximum Gasteiger partial charge on any atom is 0.119 e. The van der Waals surface area contributed by atoms with Crippen molar-refractivity contribution >= 4 is 11.3 Å². The molecule has 1 heterocycles. The molecule has 0 fully saturated rings. The first-order chi connectivity index (χ1) is 9.88. The van der Waals surface area contributed by atoms with Gasteiger partial charge in [0.25, 0.3) is 0 Å². The van der Waals surface area contributed by atoms with Crippen LogP contribution in [0.1, 0.15) is 18.2 Å². The normalized spacial score (nSPS) is 10.4. The van der Waals surface area contributed by atoms with Crippen LogP contribution < -0.4 is 14.8 Å². The first kappa shape index (κ1) is 14.9. The molecule has 0 aliphatic heterocycles. The second kappa shape index (κ2) is 8.61. The minimum atomic E-state index is 0.667. The van der Waals surface area contributed by atoms with Crippen molar-refractivity contribution in [3.63, 3.8) is 0 Å². The van der Waals surface area contributed by atoms with Crippen LogP contribution in [0.25, 0.3) is 0 Å². The molecule has 3 nitrogen and oxygen atoms in total. The Morgan fingerprint density at radius 2 is 1.70 bits per heavy atom. The fraction of sp³-hybridized carbons (Fsp3) is 0.375. The number of hydrogen-bond donors (Lipinski definition) is 1. The molecule has 0 atom stereocenters. The molecule has 0 aliphatic rings. The maximum absolute atomic E-state index is 5.67. The lowest BCUT2D eigenvalue weighted by Gasteiger charge is -2.08. The van der Waals surface area contributed by atoms with Crippen LogP contribution in [0.5, 0.6) is 11.5 Å². The van der Waals surface area contributed by atoms with Crippen molar-refractivity contribution in [1.29, 1.82) is 0 Å². The molecule has 1 aromatic carbocycles. The van der Waals surface area contributed by atoms with Crippen molar-refractivity contribution in [2.45, 2.75) is 19.9 Å². The van der Waals surface area contributed by atoms with E-state index in [0.29, 0.717) is 6.61 Å². The molecule has 1 aromatic heterocycles. The minimum Gasteiger partial charge on any atom is -0.494 e. The van der Waals surface area contributed by atoms with Crippen molar-refractivity contribution in [3.8, 4) is 11.5 Å². The minimum absolute atomic E-state index is 0.667. The first-order valence-electron chi connectivity index (χ1n) is 6.97. The van der Waals surface area contributed by atoms with Crippen LogP contribution in [-0.2, 0) is 6.54 Å². The van der Waals surface area contributed by atoms with Crippen LogP contribution in [0, 0.1) is 0 Å². The van der Waals surface area contributed by atoms with E-state index in [2.05, 4.69) is 29.8 Å². The molecule has 2 rings (SSSR count). The molecule has 0 aliphatic carbocycles. The SMILES string of the molecule is CCCOc1ccc(OCCNCc2cccs2)cc1. The lowest BCUT2D eigenvalue weighted by Crippen LogP contribution is -2.20. The zero-order chi connectivity index (χ0) is 14.0. The van der Waals surface area contributed by atoms with E-state index in [1.807, 2.05) is 24.3 Å². The number of benzene rings is 1. The number of ether oxygens (including phenoxy) is 2. The van der Waals surface area contributed by atoms with Gasteiger partial charge in [0.05, 0.1) is 6.61 Å². The lowest BCUT2D eigenvalue weighted by atomic mass is 10.3. The first-order valence-corrected chi connectivity index (χ1v) is 7.85. The summed E-state index contributed by atoms with van der Waals surface area (Å²) in [6.07, 6.45) is 1.02. The van der Waals surface area contributed by atoms with E-state index in [-0.39, 0.29) is 0 Å². The summed E-state index contributed by atoms with van der Waals surface area (Å²) >= 11 is 1.77. The summed E-state index contributed by atoms with van der Waals surface area (Å²) in [6.45, 7) is 5.27. The van der Waals surface area contributed by atoms with Crippen molar-refractivity contribution in [2.24, 2.45) is 0 Å². The van der Waals surface area contributed by atoms with Crippen molar-refractivity contribution in [2.75, 3.05) is 19.8 Å². The van der Waals surface area contributed by atoms with Crippen LogP contribution in [0.3, 0.4) is 0 Å². The van der Waals surface area contributed by atoms with E-state index in [1.165, 1.54) is 4.88 Å². The summed E-state index contributed by atoms with van der Waals surface area (Å²) in [5.41, 5.74) is 0. The van der Waals surface area contributed by atoms with Crippen molar-refractivity contribution < 1.29 is 9.47 Å². The molecule has 2 aromatic rings. The van der Waals surface area contributed by atoms with Gasteiger partial charge in [-0.2, -0.15) is 0 Å². The predicted molar refractivity (Wildman–Crippen MR) is 83.7 cm³/mol. The van der Waals surface area contributed by atoms with Crippen molar-refractivity contribution in [3.05, 3.63) is 46.7 Å². The Morgan fingerprint density at radius 3 is 2.30 bits per heavy atom. The zero-order valence-corrected chi connectivity index (χ0v) is 12.6. The summed E-state index contributed by atoms with van der Waals surface area (Å²) in [5, 5.41) is 5.45. The third-order valence-corrected chi connectivity index (χ3v) is 3.60. The third-order valence-electron chi connectivity index (χ3n) is 2.72. The van der Waals surface area contributed by atoms with Gasteiger partial charge in [-0.3, -0.25) is 0 Å². The van der Waals surface area contributed by atoms with Gasteiger partial charge in [0, 0.05) is 18.0 Å². The average molecular weight is 291 g/mol. The fourth-order valence-electron chi connectivity index (χ4n) is 1.72. The highest BCUT2D eigenvalue weighted by Gasteiger charge is 1.97. The Kier molecular flexibility index (Phi) is 6.41. The van der Waals surface area contributed by atoms with E-state index in [1.54, 1.807) is 11.3 Å². The summed E-state index contributed by atoms with van der Waals surface area (Å²) in [6, 6.07) is 12.0. The Balaban J connectivity index is 1.61. The van der Waals surface area contributed by atoms with E-state index in [9.17, 15) is 0 Å². The van der Waals surface area contributed by atoms with Gasteiger partial charge >= 0.3 is 0 Å². The second-order valence-corrected chi connectivity index (χ2v) is 5.46. The molecule has 108 valence electrons. The molecule has 20 heavy (non-hydrogen) atoms. The van der Waals surface area contributed by atoms with Gasteiger partial charge in [-0.05, 0) is 42.1 Å². The summed E-state index contributed by atoms with van der Waals surface area (Å²) in [7, 11) is 0. The van der Waals surface area contributed by atoms with Gasteiger partial charge in [0.1, 0.15) is 18.1 Å². The Morgan fingerprint density at radius 1 is 1.00 bits per heavy atom. The van der Waals surface area contributed by atoms with Crippen LogP contribution in [0.15, 0.2) is 41.8 Å². The van der Waals surface area contributed by atoms with Gasteiger partial charge in [-0.1, -0.05) is 13.0 Å². The Bertz CT molecular complexity index is 468. The van der Waals surface area contributed by atoms with Gasteiger partial charge in [-0.25, -0.2) is 0 Å². The number of nitrogens with one attached hydrogen (secondary N) is 1. The Hall–Kier alpha value is -1.52. The molecular weight excluding hydrogens is 270 g/mol. The van der Waals surface area contributed by atoms with Crippen LogP contribution in [0.2, 0.25) is 0 Å². The number of hydrogen-bond acceptors (Lipinski definition) is 4. The average Bonchev–Trinajstić information content (AvgIpc) is 2.99. The molecular formula is C16H21NO2S. The fourth-order valence-corrected chi connectivity index (χ4v) is 2.39. The molecule has 1 N–H and O–H groups in total. The monoisotopic (exact) mass is 291 g/mol. The second-order valence-electron chi connectivity index (χ2n) is 4.42. The summed E-state index contributed by atoms with van der Waals surface area (Å²) < 4.78 is 11.2. The maximum atomic E-state index is 5.67. The largest absolute Gasteiger partial charge is 0.494 e. The number of thiophene rings is 1. The highest BCUT2D eigenvalue weighted by atomic mass is 32.1. The number of rotatable bonds is 9. The molecule has 0 saturated carbocycles. The van der Waals surface area contributed by atoms with E-state index in [4.69, 9.17) is 9.47 Å². The standard InChI is InChI=1S/C16H21NO2S/c1-2-10-18-14-5-7-15(8-6-14)19-11-9-17-13-16-4-3-12-20-16/h3-8,12,17H,2,9-11,13H2,1H3. The smallest absolute Gasteiger partial charge is 0.119 e. The molecule has 0 radical (unpaired) electrons. The highest BCUT2D eigenvalue weighted by molar-refractivity contribution is 7.09. The van der Waals surface area contributed by atoms with Crippen LogP contribution in [-0.4, -0.2) is 19.8 Å². The van der Waals surface area contributed by atoms with E-state index >= 15 is 0 Å². The molecule has 4 heteroatoms. The van der Waals surface area contributed by atoms with E-state index in [0.717, 1.165) is 37.6 Å². The zero-order valence-electron chi connectivity index (χ0n) is 11.8. The molecule has 0 bridgehead atoms. The third kappa shape index (κ3) is 5.23. The van der Waals surface area contributed by atoms with Gasteiger partial charge < -0.3 is 14.8 Å². The van der Waals surface area contributed by atoms with Crippen molar-refractivity contribution in [1.82, 2.24) is 5.32 Å². The van der Waals surface area contributed by atoms with E-state index < -0.39 is 0 Å². The van der Waals surface area contributed by atoms with Crippen LogP contribution in [0.4, 0.5) is 0 Å². The van der Waals surface area contributed by atoms with Gasteiger partial charge in [0.2, 0.25) is 0 Å². The quantitative estimate of drug-likeness (QED) is 0.715.